The second-order valence-corrected chi connectivity index (χ2v) is 5.93. The first-order valence-electron chi connectivity index (χ1n) is 7.24. The maximum atomic E-state index is 12.7. The summed E-state index contributed by atoms with van der Waals surface area (Å²) in [6.07, 6.45) is 4.81. The molecule has 0 aromatic rings. The molecule has 4 nitrogen and oxygen atoms in total. The second kappa shape index (κ2) is 5.57. The van der Waals surface area contributed by atoms with Gasteiger partial charge in [-0.3, -0.25) is 4.79 Å². The SMILES string of the molecule is CCC1CCC(C)N(C(=O)C2(N)CCOCC2)C1. The second-order valence-electron chi connectivity index (χ2n) is 5.93. The minimum absolute atomic E-state index is 0.149. The highest BCUT2D eigenvalue weighted by molar-refractivity contribution is 5.86. The number of rotatable bonds is 2. The standard InChI is InChI=1S/C14H26N2O2/c1-3-12-5-4-11(2)16(10-12)13(17)14(15)6-8-18-9-7-14/h11-12H,3-10,15H2,1-2H3. The van der Waals surface area contributed by atoms with Gasteiger partial charge in [-0.2, -0.15) is 0 Å². The molecule has 2 N–H and O–H groups in total. The van der Waals surface area contributed by atoms with E-state index in [1.165, 1.54) is 6.42 Å². The fourth-order valence-corrected chi connectivity index (χ4v) is 3.03. The van der Waals surface area contributed by atoms with E-state index in [-0.39, 0.29) is 5.91 Å². The van der Waals surface area contributed by atoms with Gasteiger partial charge in [-0.1, -0.05) is 13.3 Å². The van der Waals surface area contributed by atoms with Gasteiger partial charge in [0.2, 0.25) is 5.91 Å². The molecule has 1 amide bonds. The molecule has 2 unspecified atom stereocenters. The molecular formula is C14H26N2O2. The Balaban J connectivity index is 2.06. The summed E-state index contributed by atoms with van der Waals surface area (Å²) in [7, 11) is 0. The summed E-state index contributed by atoms with van der Waals surface area (Å²) in [5.74, 6) is 0.796. The molecule has 2 aliphatic heterocycles. The normalized spacial score (nSPS) is 32.3. The van der Waals surface area contributed by atoms with E-state index in [4.69, 9.17) is 10.5 Å². The van der Waals surface area contributed by atoms with Crippen molar-refractivity contribution in [2.24, 2.45) is 11.7 Å². The van der Waals surface area contributed by atoms with Crippen LogP contribution in [0, 0.1) is 5.92 Å². The number of nitrogens with zero attached hydrogens (tertiary/aromatic N) is 1. The fraction of sp³-hybridized carbons (Fsp3) is 0.929. The fourth-order valence-electron chi connectivity index (χ4n) is 3.03. The molecule has 2 saturated heterocycles. The molecule has 2 fully saturated rings. The number of piperidine rings is 1. The van der Waals surface area contributed by atoms with Crippen molar-refractivity contribution in [1.82, 2.24) is 4.90 Å². The maximum Gasteiger partial charge on any atom is 0.243 e. The minimum Gasteiger partial charge on any atom is -0.381 e. The molecule has 4 heteroatoms. The number of hydrogen-bond acceptors (Lipinski definition) is 3. The Labute approximate surface area is 110 Å². The van der Waals surface area contributed by atoms with Gasteiger partial charge in [0.15, 0.2) is 0 Å². The summed E-state index contributed by atoms with van der Waals surface area (Å²) in [4.78, 5) is 14.7. The van der Waals surface area contributed by atoms with Crippen LogP contribution in [0.5, 0.6) is 0 Å². The molecule has 2 rings (SSSR count). The van der Waals surface area contributed by atoms with E-state index in [1.807, 2.05) is 4.90 Å². The van der Waals surface area contributed by atoms with Gasteiger partial charge < -0.3 is 15.4 Å². The maximum absolute atomic E-state index is 12.7. The topological polar surface area (TPSA) is 55.6 Å². The molecule has 18 heavy (non-hydrogen) atoms. The average molecular weight is 254 g/mol. The monoisotopic (exact) mass is 254 g/mol. The number of carbonyl (C=O) groups excluding carboxylic acids is 1. The number of likely N-dealkylation sites (tertiary alicyclic amines) is 1. The van der Waals surface area contributed by atoms with Crippen molar-refractivity contribution in [2.75, 3.05) is 19.8 Å². The Kier molecular flexibility index (Phi) is 4.28. The summed E-state index contributed by atoms with van der Waals surface area (Å²) in [6, 6.07) is 0.337. The third kappa shape index (κ3) is 2.69. The van der Waals surface area contributed by atoms with Crippen molar-refractivity contribution in [1.29, 1.82) is 0 Å². The molecule has 0 bridgehead atoms. The molecule has 0 aliphatic carbocycles. The van der Waals surface area contributed by atoms with Crippen LogP contribution in [-0.4, -0.2) is 42.1 Å². The van der Waals surface area contributed by atoms with Crippen molar-refractivity contribution < 1.29 is 9.53 Å². The van der Waals surface area contributed by atoms with Crippen LogP contribution in [0.4, 0.5) is 0 Å². The van der Waals surface area contributed by atoms with Crippen LogP contribution >= 0.6 is 0 Å². The van der Waals surface area contributed by atoms with Gasteiger partial charge in [0.1, 0.15) is 0 Å². The summed E-state index contributed by atoms with van der Waals surface area (Å²) >= 11 is 0. The lowest BCUT2D eigenvalue weighted by Crippen LogP contribution is -2.61. The van der Waals surface area contributed by atoms with Crippen LogP contribution in [-0.2, 0) is 9.53 Å². The van der Waals surface area contributed by atoms with Gasteiger partial charge in [-0.25, -0.2) is 0 Å². The van der Waals surface area contributed by atoms with Gasteiger partial charge in [-0.05, 0) is 38.5 Å². The van der Waals surface area contributed by atoms with Crippen molar-refractivity contribution in [3.8, 4) is 0 Å². The lowest BCUT2D eigenvalue weighted by Gasteiger charge is -2.43. The Morgan fingerprint density at radius 2 is 2.06 bits per heavy atom. The van der Waals surface area contributed by atoms with E-state index in [2.05, 4.69) is 13.8 Å². The number of carbonyl (C=O) groups is 1. The van der Waals surface area contributed by atoms with Crippen LogP contribution in [0.2, 0.25) is 0 Å². The third-order valence-corrected chi connectivity index (χ3v) is 4.63. The minimum atomic E-state index is -0.678. The van der Waals surface area contributed by atoms with Gasteiger partial charge in [0.25, 0.3) is 0 Å². The van der Waals surface area contributed by atoms with Crippen LogP contribution in [0.25, 0.3) is 0 Å². The molecule has 0 radical (unpaired) electrons. The molecule has 0 saturated carbocycles. The van der Waals surface area contributed by atoms with E-state index >= 15 is 0 Å². The van der Waals surface area contributed by atoms with Crippen LogP contribution in [0.3, 0.4) is 0 Å². The highest BCUT2D eigenvalue weighted by Crippen LogP contribution is 2.28. The first-order valence-corrected chi connectivity index (χ1v) is 7.24. The first kappa shape index (κ1) is 13.8. The van der Waals surface area contributed by atoms with Gasteiger partial charge in [0, 0.05) is 25.8 Å². The van der Waals surface area contributed by atoms with Gasteiger partial charge in [0.05, 0.1) is 5.54 Å². The van der Waals surface area contributed by atoms with Crippen molar-refractivity contribution >= 4 is 5.91 Å². The van der Waals surface area contributed by atoms with Crippen molar-refractivity contribution in [3.05, 3.63) is 0 Å². The van der Waals surface area contributed by atoms with E-state index in [1.54, 1.807) is 0 Å². The zero-order valence-electron chi connectivity index (χ0n) is 11.7. The number of nitrogens with two attached hydrogens (primary N) is 1. The van der Waals surface area contributed by atoms with Gasteiger partial charge in [-0.15, -0.1) is 0 Å². The van der Waals surface area contributed by atoms with Gasteiger partial charge >= 0.3 is 0 Å². The highest BCUT2D eigenvalue weighted by atomic mass is 16.5. The Hall–Kier alpha value is -0.610. The summed E-state index contributed by atoms with van der Waals surface area (Å²) < 4.78 is 5.32. The van der Waals surface area contributed by atoms with E-state index in [0.717, 1.165) is 19.4 Å². The zero-order valence-corrected chi connectivity index (χ0v) is 11.7. The molecule has 2 atom stereocenters. The smallest absolute Gasteiger partial charge is 0.243 e. The molecule has 2 heterocycles. The summed E-state index contributed by atoms with van der Waals surface area (Å²) in [6.45, 7) is 6.46. The lowest BCUT2D eigenvalue weighted by atomic mass is 9.85. The molecule has 0 aromatic heterocycles. The van der Waals surface area contributed by atoms with Crippen LogP contribution < -0.4 is 5.73 Å². The van der Waals surface area contributed by atoms with Crippen LogP contribution in [0.1, 0.15) is 46.0 Å². The molecule has 0 spiro atoms. The first-order chi connectivity index (χ1) is 8.57. The number of hydrogen-bond donors (Lipinski definition) is 1. The highest BCUT2D eigenvalue weighted by Gasteiger charge is 2.41. The predicted molar refractivity (Wildman–Crippen MR) is 71.2 cm³/mol. The Morgan fingerprint density at radius 1 is 1.39 bits per heavy atom. The predicted octanol–water partition coefficient (Wildman–Crippen LogP) is 1.53. The number of amides is 1. The average Bonchev–Trinajstić information content (AvgIpc) is 2.39. The molecule has 0 aromatic carbocycles. The summed E-state index contributed by atoms with van der Waals surface area (Å²) in [5, 5.41) is 0. The van der Waals surface area contributed by atoms with Crippen molar-refractivity contribution in [3.63, 3.8) is 0 Å². The quantitative estimate of drug-likeness (QED) is 0.813. The van der Waals surface area contributed by atoms with Crippen LogP contribution in [0.15, 0.2) is 0 Å². The Morgan fingerprint density at radius 3 is 2.67 bits per heavy atom. The molecule has 104 valence electrons. The summed E-state index contributed by atoms with van der Waals surface area (Å²) in [5.41, 5.74) is 5.63. The van der Waals surface area contributed by atoms with Crippen molar-refractivity contribution in [2.45, 2.75) is 57.5 Å². The third-order valence-electron chi connectivity index (χ3n) is 4.63. The van der Waals surface area contributed by atoms with E-state index < -0.39 is 5.54 Å². The molecule has 2 aliphatic rings. The largest absolute Gasteiger partial charge is 0.381 e. The van der Waals surface area contributed by atoms with E-state index in [0.29, 0.717) is 38.0 Å². The Bertz CT molecular complexity index is 300. The number of ether oxygens (including phenoxy) is 1. The zero-order chi connectivity index (χ0) is 13.2. The molecular weight excluding hydrogens is 228 g/mol. The lowest BCUT2D eigenvalue weighted by molar-refractivity contribution is -0.145. The van der Waals surface area contributed by atoms with E-state index in [9.17, 15) is 4.79 Å².